The first kappa shape index (κ1) is 17.1. The molecule has 0 amide bonds. The lowest BCUT2D eigenvalue weighted by Gasteiger charge is -2.25. The number of rotatable bonds is 5. The summed E-state index contributed by atoms with van der Waals surface area (Å²) in [7, 11) is 0. The molecule has 0 spiro atoms. The zero-order valence-electron chi connectivity index (χ0n) is 15.0. The van der Waals surface area contributed by atoms with Gasteiger partial charge in [-0.1, -0.05) is 42.5 Å². The summed E-state index contributed by atoms with van der Waals surface area (Å²) in [6.45, 7) is 2.34. The molecular formula is C22H21N3O2. The number of ketones is 1. The molecule has 5 nitrogen and oxygen atoms in total. The molecule has 5 heteroatoms. The van der Waals surface area contributed by atoms with E-state index in [0.29, 0.717) is 12.1 Å². The Bertz CT molecular complexity index is 976. The van der Waals surface area contributed by atoms with Crippen molar-refractivity contribution in [3.63, 3.8) is 0 Å². The number of fused-ring (bicyclic) bond motifs is 1. The van der Waals surface area contributed by atoms with Crippen LogP contribution in [0, 0.1) is 0 Å². The second-order valence-electron chi connectivity index (χ2n) is 6.67. The van der Waals surface area contributed by atoms with E-state index in [1.807, 2.05) is 24.5 Å². The zero-order chi connectivity index (χ0) is 18.6. The molecule has 0 unspecified atom stereocenters. The average molecular weight is 359 g/mol. The molecule has 1 aromatic heterocycles. The molecule has 1 N–H and O–H groups in total. The maximum absolute atomic E-state index is 12.3. The Hall–Kier alpha value is -3.34. The molecule has 2 aromatic carbocycles. The molecule has 27 heavy (non-hydrogen) atoms. The van der Waals surface area contributed by atoms with Gasteiger partial charge in [0, 0.05) is 37.5 Å². The van der Waals surface area contributed by atoms with Gasteiger partial charge >= 0.3 is 0 Å². The summed E-state index contributed by atoms with van der Waals surface area (Å²) < 4.78 is 2.21. The molecule has 136 valence electrons. The van der Waals surface area contributed by atoms with E-state index in [-0.39, 0.29) is 11.5 Å². The third kappa shape index (κ3) is 3.77. The summed E-state index contributed by atoms with van der Waals surface area (Å²) >= 11 is 0. The fourth-order valence-corrected chi connectivity index (χ4v) is 3.38. The number of phenolic OH excluding ortho intramolecular Hbond substituents is 1. The van der Waals surface area contributed by atoms with Crippen LogP contribution in [0.4, 0.5) is 0 Å². The molecular weight excluding hydrogens is 338 g/mol. The van der Waals surface area contributed by atoms with Gasteiger partial charge in [-0.05, 0) is 17.7 Å². The zero-order valence-corrected chi connectivity index (χ0v) is 15.0. The summed E-state index contributed by atoms with van der Waals surface area (Å²) in [4.78, 5) is 18.9. The number of para-hydroxylation sites is 1. The highest BCUT2D eigenvalue weighted by molar-refractivity contribution is 6.06. The van der Waals surface area contributed by atoms with E-state index in [0.717, 1.165) is 25.2 Å². The number of aromatic hydroxyl groups is 1. The van der Waals surface area contributed by atoms with Crippen LogP contribution in [-0.4, -0.2) is 31.9 Å². The third-order valence-electron chi connectivity index (χ3n) is 4.82. The number of allylic oxidation sites excluding steroid dienone is 1. The minimum Gasteiger partial charge on any atom is -0.507 e. The summed E-state index contributed by atoms with van der Waals surface area (Å²) in [6.07, 6.45) is 6.10. The molecule has 0 atom stereocenters. The second kappa shape index (κ2) is 7.50. The van der Waals surface area contributed by atoms with Gasteiger partial charge in [0.25, 0.3) is 0 Å². The van der Waals surface area contributed by atoms with Crippen molar-refractivity contribution in [2.75, 3.05) is 6.54 Å². The Labute approximate surface area is 158 Å². The quantitative estimate of drug-likeness (QED) is 0.560. The number of hydrogen-bond acceptors (Lipinski definition) is 4. The number of phenols is 1. The highest BCUT2D eigenvalue weighted by atomic mass is 16.3. The molecule has 3 aromatic rings. The van der Waals surface area contributed by atoms with Crippen molar-refractivity contribution in [1.82, 2.24) is 14.5 Å². The van der Waals surface area contributed by atoms with Crippen molar-refractivity contribution >= 4 is 5.78 Å². The molecule has 0 fully saturated rings. The van der Waals surface area contributed by atoms with Crippen LogP contribution in [0.15, 0.2) is 73.2 Å². The van der Waals surface area contributed by atoms with Crippen LogP contribution in [0.5, 0.6) is 5.75 Å². The van der Waals surface area contributed by atoms with Crippen LogP contribution in [0.2, 0.25) is 0 Å². The molecule has 0 saturated heterocycles. The first-order chi connectivity index (χ1) is 13.2. The summed E-state index contributed by atoms with van der Waals surface area (Å²) in [5.74, 6) is -0.193. The van der Waals surface area contributed by atoms with Crippen LogP contribution < -0.4 is 0 Å². The fraction of sp³-hybridized carbons (Fsp3) is 0.182. The van der Waals surface area contributed by atoms with E-state index >= 15 is 0 Å². The van der Waals surface area contributed by atoms with Gasteiger partial charge in [0.2, 0.25) is 0 Å². The van der Waals surface area contributed by atoms with E-state index in [2.05, 4.69) is 26.6 Å². The third-order valence-corrected chi connectivity index (χ3v) is 4.82. The van der Waals surface area contributed by atoms with Gasteiger partial charge in [0.1, 0.15) is 5.75 Å². The van der Waals surface area contributed by atoms with Crippen molar-refractivity contribution in [2.24, 2.45) is 0 Å². The van der Waals surface area contributed by atoms with E-state index in [1.165, 1.54) is 23.4 Å². The van der Waals surface area contributed by atoms with Crippen molar-refractivity contribution in [1.29, 1.82) is 0 Å². The van der Waals surface area contributed by atoms with E-state index in [4.69, 9.17) is 0 Å². The standard InChI is InChI=1S/C22H21N3O2/c26-21-9-5-4-8-18(21)22(27)11-13-24-12-10-20-19(15-24)23-16-25(20)14-17-6-2-1-3-7-17/h1-9,11,13,16,26H,10,12,14-15H2/b13-11+. The predicted molar refractivity (Wildman–Crippen MR) is 103 cm³/mol. The van der Waals surface area contributed by atoms with Gasteiger partial charge in [-0.3, -0.25) is 4.79 Å². The number of nitrogens with zero attached hydrogens (tertiary/aromatic N) is 3. The molecule has 0 bridgehead atoms. The first-order valence-corrected chi connectivity index (χ1v) is 9.02. The van der Waals surface area contributed by atoms with E-state index in [1.54, 1.807) is 24.4 Å². The molecule has 0 radical (unpaired) electrons. The Morgan fingerprint density at radius 1 is 1.11 bits per heavy atom. The summed E-state index contributed by atoms with van der Waals surface area (Å²) in [6, 6.07) is 17.0. The number of carbonyl (C=O) groups excluding carboxylic acids is 1. The van der Waals surface area contributed by atoms with Crippen LogP contribution in [0.1, 0.15) is 27.3 Å². The Morgan fingerprint density at radius 3 is 2.70 bits per heavy atom. The number of aromatic nitrogens is 2. The molecule has 1 aliphatic rings. The van der Waals surface area contributed by atoms with Gasteiger partial charge in [-0.2, -0.15) is 0 Å². The van der Waals surface area contributed by atoms with Crippen molar-refractivity contribution in [3.8, 4) is 5.75 Å². The van der Waals surface area contributed by atoms with Crippen LogP contribution in [-0.2, 0) is 19.5 Å². The lowest BCUT2D eigenvalue weighted by atomic mass is 10.1. The Morgan fingerprint density at radius 2 is 1.89 bits per heavy atom. The highest BCUT2D eigenvalue weighted by Crippen LogP contribution is 2.20. The van der Waals surface area contributed by atoms with Gasteiger partial charge < -0.3 is 14.6 Å². The van der Waals surface area contributed by atoms with Crippen LogP contribution >= 0.6 is 0 Å². The maximum atomic E-state index is 12.3. The molecule has 2 heterocycles. The average Bonchev–Trinajstić information content (AvgIpc) is 3.09. The molecule has 1 aliphatic heterocycles. The minimum atomic E-state index is -0.200. The maximum Gasteiger partial charge on any atom is 0.190 e. The number of hydrogen-bond donors (Lipinski definition) is 1. The Kier molecular flexibility index (Phi) is 4.75. The van der Waals surface area contributed by atoms with Crippen LogP contribution in [0.3, 0.4) is 0 Å². The number of imidazole rings is 1. The minimum absolute atomic E-state index is 0.00716. The van der Waals surface area contributed by atoms with Gasteiger partial charge in [-0.15, -0.1) is 0 Å². The monoisotopic (exact) mass is 359 g/mol. The first-order valence-electron chi connectivity index (χ1n) is 9.02. The highest BCUT2D eigenvalue weighted by Gasteiger charge is 2.19. The van der Waals surface area contributed by atoms with Crippen molar-refractivity contribution < 1.29 is 9.90 Å². The number of carbonyl (C=O) groups is 1. The lowest BCUT2D eigenvalue weighted by molar-refractivity contribution is 0.104. The van der Waals surface area contributed by atoms with Gasteiger partial charge in [0.05, 0.1) is 24.1 Å². The lowest BCUT2D eigenvalue weighted by Crippen LogP contribution is -2.27. The summed E-state index contributed by atoms with van der Waals surface area (Å²) in [5, 5.41) is 9.79. The van der Waals surface area contributed by atoms with E-state index < -0.39 is 0 Å². The predicted octanol–water partition coefficient (Wildman–Crippen LogP) is 3.39. The molecule has 0 aliphatic carbocycles. The summed E-state index contributed by atoms with van der Waals surface area (Å²) in [5.41, 5.74) is 3.89. The number of benzene rings is 2. The van der Waals surface area contributed by atoms with Gasteiger partial charge in [0.15, 0.2) is 5.78 Å². The van der Waals surface area contributed by atoms with Crippen molar-refractivity contribution in [3.05, 3.63) is 95.7 Å². The molecule has 0 saturated carbocycles. The van der Waals surface area contributed by atoms with Crippen molar-refractivity contribution in [2.45, 2.75) is 19.5 Å². The Balaban J connectivity index is 1.43. The normalized spacial score (nSPS) is 13.7. The van der Waals surface area contributed by atoms with E-state index in [9.17, 15) is 9.90 Å². The SMILES string of the molecule is O=C(/C=C/N1CCc2c(ncn2Cc2ccccc2)C1)c1ccccc1O. The molecule has 4 rings (SSSR count). The largest absolute Gasteiger partial charge is 0.507 e. The topological polar surface area (TPSA) is 58.4 Å². The smallest absolute Gasteiger partial charge is 0.190 e. The second-order valence-corrected chi connectivity index (χ2v) is 6.67. The van der Waals surface area contributed by atoms with Gasteiger partial charge in [-0.25, -0.2) is 4.98 Å². The fourth-order valence-electron chi connectivity index (χ4n) is 3.38. The van der Waals surface area contributed by atoms with Crippen LogP contribution in [0.25, 0.3) is 0 Å².